The number of aromatic nitrogens is 5. The Bertz CT molecular complexity index is 2070. The van der Waals surface area contributed by atoms with Gasteiger partial charge in [-0.3, -0.25) is 18.7 Å². The molecule has 0 radical (unpaired) electrons. The first kappa shape index (κ1) is 24.3. The van der Waals surface area contributed by atoms with Gasteiger partial charge in [0, 0.05) is 16.1 Å². The predicted molar refractivity (Wildman–Crippen MR) is 159 cm³/mol. The second-order valence-corrected chi connectivity index (χ2v) is 10.7. The minimum absolute atomic E-state index is 0.124. The molecule has 0 unspecified atom stereocenters. The number of aryl methyl sites for hydroxylation is 1. The van der Waals surface area contributed by atoms with Crippen LogP contribution < -0.4 is 5.69 Å². The molecule has 40 heavy (non-hydrogen) atoms. The number of imidazole rings is 1. The van der Waals surface area contributed by atoms with Crippen LogP contribution in [0.1, 0.15) is 27.7 Å². The number of halogens is 1. The SMILES string of the molecule is Cc1nnc2n1-c1sc(C#CCn3c(=O)n(-c4ccccc4)c4ccccc43)cc1C(c1ccccc1Cl)=NC2. The molecule has 0 spiro atoms. The number of nitrogens with zero attached hydrogens (tertiary/aromatic N) is 6. The van der Waals surface area contributed by atoms with Crippen molar-refractivity contribution in [2.75, 3.05) is 0 Å². The maximum Gasteiger partial charge on any atom is 0.334 e. The summed E-state index contributed by atoms with van der Waals surface area (Å²) in [5, 5.41) is 10.2. The lowest BCUT2D eigenvalue weighted by atomic mass is 10.0. The average molecular weight is 561 g/mol. The lowest BCUT2D eigenvalue weighted by Gasteiger charge is -2.08. The minimum Gasteiger partial charge on any atom is -0.280 e. The molecule has 0 aliphatic carbocycles. The summed E-state index contributed by atoms with van der Waals surface area (Å²) in [7, 11) is 0. The van der Waals surface area contributed by atoms with E-state index in [1.54, 1.807) is 20.5 Å². The van der Waals surface area contributed by atoms with Gasteiger partial charge < -0.3 is 0 Å². The minimum atomic E-state index is -0.124. The van der Waals surface area contributed by atoms with Crippen LogP contribution in [0.4, 0.5) is 0 Å². The maximum atomic E-state index is 13.5. The molecule has 0 N–H and O–H groups in total. The molecule has 0 amide bonds. The fourth-order valence-corrected chi connectivity index (χ4v) is 6.39. The number of rotatable bonds is 3. The van der Waals surface area contributed by atoms with Gasteiger partial charge in [0.15, 0.2) is 5.82 Å². The van der Waals surface area contributed by atoms with Gasteiger partial charge in [-0.05, 0) is 43.3 Å². The van der Waals surface area contributed by atoms with E-state index < -0.39 is 0 Å². The summed E-state index contributed by atoms with van der Waals surface area (Å²) < 4.78 is 5.48. The monoisotopic (exact) mass is 560 g/mol. The largest absolute Gasteiger partial charge is 0.334 e. The van der Waals surface area contributed by atoms with Crippen molar-refractivity contribution in [3.05, 3.63) is 128 Å². The van der Waals surface area contributed by atoms with Gasteiger partial charge >= 0.3 is 5.69 Å². The van der Waals surface area contributed by atoms with Crippen molar-refractivity contribution in [2.45, 2.75) is 20.0 Å². The van der Waals surface area contributed by atoms with Crippen molar-refractivity contribution >= 4 is 39.7 Å². The van der Waals surface area contributed by atoms with Gasteiger partial charge in [-0.1, -0.05) is 72.0 Å². The molecular weight excluding hydrogens is 540 g/mol. The van der Waals surface area contributed by atoms with Crippen LogP contribution in [0.5, 0.6) is 0 Å². The van der Waals surface area contributed by atoms with E-state index in [4.69, 9.17) is 16.6 Å². The third-order valence-electron chi connectivity index (χ3n) is 6.87. The van der Waals surface area contributed by atoms with Gasteiger partial charge in [0.25, 0.3) is 0 Å². The van der Waals surface area contributed by atoms with Crippen LogP contribution in [0.25, 0.3) is 21.7 Å². The smallest absolute Gasteiger partial charge is 0.280 e. The molecule has 7 nitrogen and oxygen atoms in total. The van der Waals surface area contributed by atoms with Crippen LogP contribution in [0.2, 0.25) is 5.02 Å². The normalized spacial score (nSPS) is 12.3. The molecule has 0 saturated heterocycles. The Kier molecular flexibility index (Phi) is 5.96. The van der Waals surface area contributed by atoms with E-state index in [1.165, 1.54) is 0 Å². The third kappa shape index (κ3) is 3.99. The summed E-state index contributed by atoms with van der Waals surface area (Å²) in [4.78, 5) is 19.3. The van der Waals surface area contributed by atoms with Crippen molar-refractivity contribution < 1.29 is 0 Å². The molecule has 194 valence electrons. The number of hydrogen-bond acceptors (Lipinski definition) is 5. The number of aliphatic imine (C=N–C) groups is 1. The Hall–Kier alpha value is -4.71. The molecule has 3 aromatic heterocycles. The molecule has 3 aromatic carbocycles. The number of fused-ring (bicyclic) bond motifs is 4. The van der Waals surface area contributed by atoms with Gasteiger partial charge in [0.1, 0.15) is 17.4 Å². The highest BCUT2D eigenvalue weighted by atomic mass is 35.5. The Labute approximate surface area is 238 Å². The van der Waals surface area contributed by atoms with Crippen molar-refractivity contribution in [1.29, 1.82) is 0 Å². The lowest BCUT2D eigenvalue weighted by molar-refractivity contribution is 0.795. The lowest BCUT2D eigenvalue weighted by Crippen LogP contribution is -2.22. The summed E-state index contributed by atoms with van der Waals surface area (Å²) in [5.41, 5.74) is 4.98. The quantitative estimate of drug-likeness (QED) is 0.257. The topological polar surface area (TPSA) is 70.0 Å². The van der Waals surface area contributed by atoms with E-state index in [-0.39, 0.29) is 12.2 Å². The molecule has 1 aliphatic rings. The first-order chi connectivity index (χ1) is 19.6. The molecule has 4 heterocycles. The van der Waals surface area contributed by atoms with Gasteiger partial charge in [0.05, 0.1) is 33.9 Å². The zero-order chi connectivity index (χ0) is 27.2. The highest BCUT2D eigenvalue weighted by Gasteiger charge is 2.25. The molecule has 0 fully saturated rings. The second-order valence-electron chi connectivity index (χ2n) is 9.30. The number of thiophene rings is 1. The summed E-state index contributed by atoms with van der Waals surface area (Å²) in [6, 6.07) is 27.2. The number of para-hydroxylation sites is 3. The Balaban J connectivity index is 1.31. The molecule has 6 aromatic rings. The molecule has 0 atom stereocenters. The van der Waals surface area contributed by atoms with Crippen LogP contribution in [0.15, 0.2) is 94.7 Å². The third-order valence-corrected chi connectivity index (χ3v) is 8.23. The highest BCUT2D eigenvalue weighted by molar-refractivity contribution is 7.15. The fraction of sp³-hybridized carbons (Fsp3) is 0.0968. The van der Waals surface area contributed by atoms with Crippen molar-refractivity contribution in [2.24, 2.45) is 4.99 Å². The first-order valence-electron chi connectivity index (χ1n) is 12.7. The summed E-state index contributed by atoms with van der Waals surface area (Å²) >= 11 is 8.14. The first-order valence-corrected chi connectivity index (χ1v) is 13.9. The van der Waals surface area contributed by atoms with E-state index in [0.29, 0.717) is 11.6 Å². The van der Waals surface area contributed by atoms with Crippen molar-refractivity contribution in [3.63, 3.8) is 0 Å². The summed E-state index contributed by atoms with van der Waals surface area (Å²) in [6.45, 7) is 2.59. The molecular formula is C31H21ClN6OS. The molecule has 0 saturated carbocycles. The molecule has 9 heteroatoms. The van der Waals surface area contributed by atoms with Crippen LogP contribution in [0, 0.1) is 18.8 Å². The Morgan fingerprint density at radius 2 is 1.65 bits per heavy atom. The fourth-order valence-electron chi connectivity index (χ4n) is 5.06. The van der Waals surface area contributed by atoms with Crippen molar-refractivity contribution in [3.8, 4) is 22.5 Å². The van der Waals surface area contributed by atoms with E-state index in [9.17, 15) is 4.79 Å². The van der Waals surface area contributed by atoms with Crippen LogP contribution in [0.3, 0.4) is 0 Å². The zero-order valence-corrected chi connectivity index (χ0v) is 22.9. The number of hydrogen-bond donors (Lipinski definition) is 0. The Morgan fingerprint density at radius 1 is 0.900 bits per heavy atom. The predicted octanol–water partition coefficient (Wildman–Crippen LogP) is 5.80. The van der Waals surface area contributed by atoms with Crippen molar-refractivity contribution in [1.82, 2.24) is 23.9 Å². The number of benzene rings is 3. The van der Waals surface area contributed by atoms with E-state index in [1.807, 2.05) is 96.4 Å². The van der Waals surface area contributed by atoms with Crippen LogP contribution in [-0.2, 0) is 13.1 Å². The zero-order valence-electron chi connectivity index (χ0n) is 21.4. The van der Waals surface area contributed by atoms with Gasteiger partial charge in [-0.15, -0.1) is 21.5 Å². The maximum absolute atomic E-state index is 13.5. The summed E-state index contributed by atoms with van der Waals surface area (Å²) in [6.07, 6.45) is 0. The Morgan fingerprint density at radius 3 is 2.48 bits per heavy atom. The standard InChI is InChI=1S/C31H21ClN6OS/c1-20-34-35-28-19-33-29(23-13-5-6-14-25(23)32)24-18-22(40-30(24)37(20)28)12-9-17-36-26-15-7-8-16-27(26)38(31(36)39)21-10-3-2-4-11-21/h2-8,10-11,13-16,18H,17,19H2,1H3. The molecule has 7 rings (SSSR count). The average Bonchev–Trinajstić information content (AvgIpc) is 3.60. The van der Waals surface area contributed by atoms with E-state index in [2.05, 4.69) is 22.0 Å². The van der Waals surface area contributed by atoms with Gasteiger partial charge in [-0.2, -0.15) is 0 Å². The second kappa shape index (κ2) is 9.79. The molecule has 1 aliphatic heterocycles. The highest BCUT2D eigenvalue weighted by Crippen LogP contribution is 2.34. The van der Waals surface area contributed by atoms with Gasteiger partial charge in [0.2, 0.25) is 0 Å². The van der Waals surface area contributed by atoms with E-state index >= 15 is 0 Å². The molecule has 0 bridgehead atoms. The van der Waals surface area contributed by atoms with E-state index in [0.717, 1.165) is 55.1 Å². The van der Waals surface area contributed by atoms with Crippen LogP contribution >= 0.6 is 22.9 Å². The summed E-state index contributed by atoms with van der Waals surface area (Å²) in [5.74, 6) is 8.09. The van der Waals surface area contributed by atoms with Gasteiger partial charge in [-0.25, -0.2) is 4.79 Å². The van der Waals surface area contributed by atoms with Crippen LogP contribution in [-0.4, -0.2) is 29.6 Å².